The van der Waals surface area contributed by atoms with Gasteiger partial charge in [-0.05, 0) is 24.7 Å². The first-order chi connectivity index (χ1) is 14.8. The second-order valence-corrected chi connectivity index (χ2v) is 10.4. The van der Waals surface area contributed by atoms with E-state index in [1.807, 2.05) is 0 Å². The molecule has 0 amide bonds. The quantitative estimate of drug-likeness (QED) is 0.0692. The van der Waals surface area contributed by atoms with Gasteiger partial charge in [-0.2, -0.15) is 18.0 Å². The highest BCUT2D eigenvalue weighted by Crippen LogP contribution is 2.66. The Balaban J connectivity index is 3.20. The Hall–Kier alpha value is -1.40. The summed E-state index contributed by atoms with van der Waals surface area (Å²) in [5.41, 5.74) is 11.0. The third-order valence-corrected chi connectivity index (χ3v) is 7.26. The van der Waals surface area contributed by atoms with Crippen LogP contribution in [0.2, 0.25) is 0 Å². The maximum absolute atomic E-state index is 14.7. The van der Waals surface area contributed by atoms with Crippen LogP contribution in [0, 0.1) is 10.6 Å². The molecule has 5 atom stereocenters. The largest absolute Gasteiger partial charge is 0.490 e. The molecule has 0 aliphatic heterocycles. The van der Waals surface area contributed by atoms with E-state index < -0.39 is 64.8 Å². The number of aromatic nitrogens is 2. The Kier molecular flexibility index (Phi) is 9.79. The highest BCUT2D eigenvalue weighted by Gasteiger charge is 2.45. The molecule has 0 bridgehead atoms. The van der Waals surface area contributed by atoms with Crippen molar-refractivity contribution in [1.82, 2.24) is 9.55 Å². The van der Waals surface area contributed by atoms with Crippen molar-refractivity contribution in [1.29, 1.82) is 0 Å². The highest BCUT2D eigenvalue weighted by atomic mass is 32.1. The molecule has 0 saturated carbocycles. The number of rotatable bonds is 12. The van der Waals surface area contributed by atoms with Crippen LogP contribution in [0.15, 0.2) is 11.3 Å². The Morgan fingerprint density at radius 1 is 1.33 bits per heavy atom. The standard InChI is InChI=1S/C9H15F2N6O12P3S/c1-4(18)9(15-16-13,27-7(11)17-2-5(10)6(12)14-8(17)33)3-26-31(22,23)29-32(24,25)28-30(19,20)21/h2,4,7,18H,3H2,1H3,(H,22,23)(H,24,25)(H2,12,14,33)(H2,19,20,21)/t4-,7-,9-/m1/s1. The number of nitrogen functional groups attached to an aromatic ring is 1. The van der Waals surface area contributed by atoms with E-state index in [1.165, 1.54) is 0 Å². The third kappa shape index (κ3) is 9.05. The average molecular weight is 562 g/mol. The van der Waals surface area contributed by atoms with Crippen molar-refractivity contribution >= 4 is 41.5 Å². The fourth-order valence-corrected chi connectivity index (χ4v) is 5.05. The number of halogens is 2. The van der Waals surface area contributed by atoms with Crippen LogP contribution in [0.5, 0.6) is 0 Å². The summed E-state index contributed by atoms with van der Waals surface area (Å²) < 4.78 is 77.5. The van der Waals surface area contributed by atoms with Crippen molar-refractivity contribution in [2.24, 2.45) is 5.11 Å². The zero-order chi connectivity index (χ0) is 25.8. The minimum absolute atomic E-state index is 0.204. The molecule has 2 unspecified atom stereocenters. The lowest BCUT2D eigenvalue weighted by Gasteiger charge is -2.33. The molecule has 0 fully saturated rings. The molecule has 0 aromatic carbocycles. The summed E-state index contributed by atoms with van der Waals surface area (Å²) >= 11 is 4.67. The van der Waals surface area contributed by atoms with E-state index in [-0.39, 0.29) is 4.57 Å². The van der Waals surface area contributed by atoms with Crippen LogP contribution >= 0.6 is 35.7 Å². The number of nitrogens with two attached hydrogens (primary N) is 1. The van der Waals surface area contributed by atoms with E-state index in [0.29, 0.717) is 6.20 Å². The van der Waals surface area contributed by atoms with E-state index in [4.69, 9.17) is 30.7 Å². The summed E-state index contributed by atoms with van der Waals surface area (Å²) in [6, 6.07) is 0. The average Bonchev–Trinajstić information content (AvgIpc) is 2.59. The molecular formula is C9H15F2N6O12P3S. The molecule has 7 N–H and O–H groups in total. The maximum atomic E-state index is 14.7. The van der Waals surface area contributed by atoms with Crippen molar-refractivity contribution in [2.45, 2.75) is 25.2 Å². The van der Waals surface area contributed by atoms with Gasteiger partial charge in [-0.25, -0.2) is 18.1 Å². The molecule has 0 radical (unpaired) electrons. The first kappa shape index (κ1) is 29.6. The molecule has 188 valence electrons. The number of azide groups is 1. The van der Waals surface area contributed by atoms with Crippen LogP contribution in [-0.2, 0) is 31.6 Å². The lowest BCUT2D eigenvalue weighted by molar-refractivity contribution is -0.229. The Bertz CT molecular complexity index is 1130. The van der Waals surface area contributed by atoms with Gasteiger partial charge in [0, 0.05) is 4.91 Å². The van der Waals surface area contributed by atoms with E-state index in [2.05, 4.69) is 40.4 Å². The Morgan fingerprint density at radius 3 is 2.39 bits per heavy atom. The first-order valence-corrected chi connectivity index (χ1v) is 12.6. The van der Waals surface area contributed by atoms with Gasteiger partial charge in [-0.1, -0.05) is 5.11 Å². The fourth-order valence-electron chi connectivity index (χ4n) is 1.77. The van der Waals surface area contributed by atoms with Gasteiger partial charge in [0.15, 0.2) is 11.6 Å². The number of aliphatic hydroxyl groups excluding tert-OH is 1. The van der Waals surface area contributed by atoms with Crippen molar-refractivity contribution in [3.63, 3.8) is 0 Å². The van der Waals surface area contributed by atoms with Crippen molar-refractivity contribution in [3.05, 3.63) is 27.2 Å². The third-order valence-electron chi connectivity index (χ3n) is 3.17. The molecule has 0 spiro atoms. The van der Waals surface area contributed by atoms with Crippen LogP contribution in [-0.4, -0.2) is 52.7 Å². The molecule has 1 aromatic heterocycles. The number of phosphoric acid groups is 3. The van der Waals surface area contributed by atoms with E-state index >= 15 is 0 Å². The summed E-state index contributed by atoms with van der Waals surface area (Å²) in [4.78, 5) is 41.1. The molecular weight excluding hydrogens is 547 g/mol. The van der Waals surface area contributed by atoms with Gasteiger partial charge in [0.2, 0.25) is 10.5 Å². The molecule has 33 heavy (non-hydrogen) atoms. The van der Waals surface area contributed by atoms with Crippen LogP contribution in [0.4, 0.5) is 14.6 Å². The number of phosphoric ester groups is 1. The molecule has 1 rings (SSSR count). The minimum atomic E-state index is -5.91. The van der Waals surface area contributed by atoms with Crippen molar-refractivity contribution < 1.29 is 65.0 Å². The van der Waals surface area contributed by atoms with Gasteiger partial charge in [0.1, 0.15) is 0 Å². The zero-order valence-electron chi connectivity index (χ0n) is 15.9. The van der Waals surface area contributed by atoms with Gasteiger partial charge in [-0.15, -0.1) is 0 Å². The second-order valence-electron chi connectivity index (χ2n) is 5.65. The number of aliphatic hydroxyl groups is 1. The maximum Gasteiger partial charge on any atom is 0.490 e. The van der Waals surface area contributed by atoms with Crippen LogP contribution < -0.4 is 5.73 Å². The van der Waals surface area contributed by atoms with Crippen molar-refractivity contribution in [3.8, 4) is 0 Å². The van der Waals surface area contributed by atoms with Crippen molar-refractivity contribution in [2.75, 3.05) is 12.3 Å². The second kappa shape index (κ2) is 10.9. The number of hydrogen-bond donors (Lipinski definition) is 6. The smallest absolute Gasteiger partial charge is 0.390 e. The van der Waals surface area contributed by atoms with Gasteiger partial charge < -0.3 is 35.2 Å². The molecule has 1 aromatic rings. The lowest BCUT2D eigenvalue weighted by atomic mass is 10.1. The summed E-state index contributed by atoms with van der Waals surface area (Å²) in [7, 11) is -17.4. The number of hydrogen-bond acceptors (Lipinski definition) is 12. The predicted molar refractivity (Wildman–Crippen MR) is 102 cm³/mol. The Morgan fingerprint density at radius 2 is 1.91 bits per heavy atom. The molecule has 0 aliphatic carbocycles. The number of nitrogens with zero attached hydrogens (tertiary/aromatic N) is 5. The van der Waals surface area contributed by atoms with Crippen LogP contribution in [0.25, 0.3) is 10.4 Å². The monoisotopic (exact) mass is 562 g/mol. The molecule has 18 nitrogen and oxygen atoms in total. The van der Waals surface area contributed by atoms with Gasteiger partial charge in [0.05, 0.1) is 18.9 Å². The van der Waals surface area contributed by atoms with Crippen LogP contribution in [0.1, 0.15) is 13.4 Å². The first-order valence-electron chi connectivity index (χ1n) is 7.72. The van der Waals surface area contributed by atoms with Gasteiger partial charge in [0.25, 0.3) is 6.48 Å². The number of anilines is 1. The fraction of sp³-hybridized carbons (Fsp3) is 0.556. The summed E-state index contributed by atoms with van der Waals surface area (Å²) in [5, 5.41) is 12.8. The molecule has 0 saturated heterocycles. The summed E-state index contributed by atoms with van der Waals surface area (Å²) in [5.74, 6) is -1.96. The topological polar surface area (TPSA) is 282 Å². The van der Waals surface area contributed by atoms with E-state index in [1.54, 1.807) is 0 Å². The summed E-state index contributed by atoms with van der Waals surface area (Å²) in [6.45, 7) is -3.65. The number of alkyl halides is 1. The van der Waals surface area contributed by atoms with Crippen LogP contribution in [0.3, 0.4) is 0 Å². The molecule has 0 aliphatic rings. The number of ether oxygens (including phenoxy) is 1. The van der Waals surface area contributed by atoms with Gasteiger partial charge >= 0.3 is 23.5 Å². The Labute approximate surface area is 186 Å². The van der Waals surface area contributed by atoms with E-state index in [0.717, 1.165) is 6.92 Å². The normalized spacial score (nSPS) is 19.4. The molecule has 1 heterocycles. The lowest BCUT2D eigenvalue weighted by Crippen LogP contribution is -2.46. The highest BCUT2D eigenvalue weighted by molar-refractivity contribution is 7.71. The zero-order valence-corrected chi connectivity index (χ0v) is 19.4. The van der Waals surface area contributed by atoms with E-state index in [9.17, 15) is 32.5 Å². The SMILES string of the molecule is C[C@@H](O)[C@](COP(=O)(O)OP(=O)(O)OP(=O)(O)O)(N=[N+]=[N-])O[C@H](F)n1cc(F)c(N)nc1=S. The molecule has 24 heteroatoms. The summed E-state index contributed by atoms with van der Waals surface area (Å²) in [6.07, 6.45) is -1.67. The van der Waals surface area contributed by atoms with Gasteiger partial charge in [-0.3, -0.25) is 9.09 Å². The minimum Gasteiger partial charge on any atom is -0.390 e. The predicted octanol–water partition coefficient (Wildman–Crippen LogP) is 1.51.